The fourth-order valence-electron chi connectivity index (χ4n) is 4.56. The summed E-state index contributed by atoms with van der Waals surface area (Å²) in [5, 5.41) is 9.07. The standard InChI is InChI=1S/C22H25N5O2/c1-4-27-18-12-22(2,3)9-7-16(18)19(24-27)20-23-21(25-29-20)26-10-8-15-11-14(13-28)5-6-17(15)26/h5-6,11,13H,4,7-10,12H2,1-3H3. The zero-order valence-corrected chi connectivity index (χ0v) is 17.1. The predicted octanol–water partition coefficient (Wildman–Crippen LogP) is 3.97. The molecule has 0 atom stereocenters. The Morgan fingerprint density at radius 1 is 1.28 bits per heavy atom. The Bertz CT molecular complexity index is 1090. The lowest BCUT2D eigenvalue weighted by molar-refractivity contribution is 0.112. The Hall–Kier alpha value is -2.96. The molecule has 0 saturated carbocycles. The summed E-state index contributed by atoms with van der Waals surface area (Å²) in [6.45, 7) is 8.35. The molecule has 2 aromatic heterocycles. The second-order valence-electron chi connectivity index (χ2n) is 8.74. The molecule has 3 heterocycles. The Morgan fingerprint density at radius 2 is 2.14 bits per heavy atom. The highest BCUT2D eigenvalue weighted by atomic mass is 16.5. The van der Waals surface area contributed by atoms with Crippen molar-refractivity contribution < 1.29 is 9.32 Å². The van der Waals surface area contributed by atoms with Gasteiger partial charge >= 0.3 is 0 Å². The number of aromatic nitrogens is 4. The summed E-state index contributed by atoms with van der Waals surface area (Å²) >= 11 is 0. The zero-order chi connectivity index (χ0) is 20.2. The van der Waals surface area contributed by atoms with Gasteiger partial charge in [0, 0.05) is 35.6 Å². The van der Waals surface area contributed by atoms with Crippen molar-refractivity contribution in [2.24, 2.45) is 5.41 Å². The minimum atomic E-state index is 0.289. The molecule has 0 N–H and O–H groups in total. The molecular formula is C22H25N5O2. The summed E-state index contributed by atoms with van der Waals surface area (Å²) in [5.41, 5.74) is 6.52. The second kappa shape index (κ2) is 6.54. The smallest absolute Gasteiger partial charge is 0.280 e. The maximum Gasteiger partial charge on any atom is 0.280 e. The van der Waals surface area contributed by atoms with Crippen molar-refractivity contribution in [1.29, 1.82) is 0 Å². The summed E-state index contributed by atoms with van der Waals surface area (Å²) in [7, 11) is 0. The lowest BCUT2D eigenvalue weighted by atomic mass is 9.76. The molecule has 0 fully saturated rings. The summed E-state index contributed by atoms with van der Waals surface area (Å²) in [4.78, 5) is 17.8. The third-order valence-electron chi connectivity index (χ3n) is 6.16. The van der Waals surface area contributed by atoms with Crippen molar-refractivity contribution in [2.45, 2.75) is 53.0 Å². The number of rotatable bonds is 4. The van der Waals surface area contributed by atoms with Gasteiger partial charge in [0.15, 0.2) is 5.69 Å². The third-order valence-corrected chi connectivity index (χ3v) is 6.16. The van der Waals surface area contributed by atoms with Crippen LogP contribution in [0.3, 0.4) is 0 Å². The summed E-state index contributed by atoms with van der Waals surface area (Å²) < 4.78 is 7.75. The van der Waals surface area contributed by atoms with Gasteiger partial charge in [0.05, 0.1) is 0 Å². The van der Waals surface area contributed by atoms with Gasteiger partial charge in [-0.05, 0) is 66.9 Å². The van der Waals surface area contributed by atoms with E-state index in [1.165, 1.54) is 11.3 Å². The van der Waals surface area contributed by atoms with Crippen LogP contribution in [0.1, 0.15) is 54.4 Å². The molecule has 0 saturated heterocycles. The molecule has 29 heavy (non-hydrogen) atoms. The average Bonchev–Trinajstić information content (AvgIpc) is 3.42. The number of benzene rings is 1. The number of aryl methyl sites for hydroxylation is 1. The minimum absolute atomic E-state index is 0.289. The molecular weight excluding hydrogens is 366 g/mol. The van der Waals surface area contributed by atoms with E-state index in [0.717, 1.165) is 62.0 Å². The number of hydrogen-bond acceptors (Lipinski definition) is 6. The fraction of sp³-hybridized carbons (Fsp3) is 0.455. The molecule has 7 heteroatoms. The summed E-state index contributed by atoms with van der Waals surface area (Å²) in [5.74, 6) is 1.04. The Kier molecular flexibility index (Phi) is 4.08. The van der Waals surface area contributed by atoms with Crippen molar-refractivity contribution in [2.75, 3.05) is 11.4 Å². The van der Waals surface area contributed by atoms with Crippen LogP contribution in [-0.4, -0.2) is 32.8 Å². The number of nitrogens with zero attached hydrogens (tertiary/aromatic N) is 5. The molecule has 5 rings (SSSR count). The van der Waals surface area contributed by atoms with Gasteiger partial charge in [0.25, 0.3) is 11.8 Å². The fourth-order valence-corrected chi connectivity index (χ4v) is 4.56. The first-order chi connectivity index (χ1) is 14.0. The highest BCUT2D eigenvalue weighted by Gasteiger charge is 2.33. The summed E-state index contributed by atoms with van der Waals surface area (Å²) in [6.07, 6.45) is 4.86. The Balaban J connectivity index is 1.50. The van der Waals surface area contributed by atoms with Gasteiger partial charge in [-0.25, -0.2) is 0 Å². The van der Waals surface area contributed by atoms with E-state index in [1.807, 2.05) is 23.1 Å². The molecule has 150 valence electrons. The third kappa shape index (κ3) is 2.96. The van der Waals surface area contributed by atoms with Gasteiger partial charge in [-0.15, -0.1) is 0 Å². The van der Waals surface area contributed by atoms with E-state index in [2.05, 4.69) is 30.6 Å². The van der Waals surface area contributed by atoms with Crippen LogP contribution in [0.4, 0.5) is 11.6 Å². The monoisotopic (exact) mass is 391 g/mol. The van der Waals surface area contributed by atoms with Gasteiger partial charge in [-0.2, -0.15) is 10.1 Å². The number of anilines is 2. The molecule has 2 aliphatic rings. The van der Waals surface area contributed by atoms with Crippen molar-refractivity contribution in [1.82, 2.24) is 19.9 Å². The number of aldehydes is 1. The number of carbonyl (C=O) groups is 1. The van der Waals surface area contributed by atoms with Crippen LogP contribution in [0, 0.1) is 5.41 Å². The highest BCUT2D eigenvalue weighted by Crippen LogP contribution is 2.40. The Morgan fingerprint density at radius 3 is 2.93 bits per heavy atom. The molecule has 1 aromatic carbocycles. The predicted molar refractivity (Wildman–Crippen MR) is 110 cm³/mol. The number of carbonyl (C=O) groups excluding carboxylic acids is 1. The zero-order valence-electron chi connectivity index (χ0n) is 17.1. The first-order valence-corrected chi connectivity index (χ1v) is 10.3. The minimum Gasteiger partial charge on any atom is -0.330 e. The lowest BCUT2D eigenvalue weighted by Crippen LogP contribution is -2.24. The quantitative estimate of drug-likeness (QED) is 0.626. The van der Waals surface area contributed by atoms with Crippen LogP contribution in [0.15, 0.2) is 22.7 Å². The van der Waals surface area contributed by atoms with Crippen LogP contribution in [0.2, 0.25) is 0 Å². The van der Waals surface area contributed by atoms with Crippen LogP contribution in [0.25, 0.3) is 11.6 Å². The normalized spacial score (nSPS) is 17.3. The largest absolute Gasteiger partial charge is 0.330 e. The van der Waals surface area contributed by atoms with E-state index in [9.17, 15) is 4.79 Å². The van der Waals surface area contributed by atoms with Crippen molar-refractivity contribution in [3.63, 3.8) is 0 Å². The van der Waals surface area contributed by atoms with E-state index < -0.39 is 0 Å². The molecule has 0 unspecified atom stereocenters. The van der Waals surface area contributed by atoms with E-state index in [0.29, 0.717) is 17.4 Å². The first kappa shape index (κ1) is 18.1. The van der Waals surface area contributed by atoms with Crippen molar-refractivity contribution in [3.05, 3.63) is 40.6 Å². The molecule has 3 aromatic rings. The molecule has 0 radical (unpaired) electrons. The molecule has 1 aliphatic carbocycles. The van der Waals surface area contributed by atoms with Crippen LogP contribution >= 0.6 is 0 Å². The van der Waals surface area contributed by atoms with E-state index in [-0.39, 0.29) is 5.41 Å². The van der Waals surface area contributed by atoms with Gasteiger partial charge in [0.1, 0.15) is 6.29 Å². The average molecular weight is 391 g/mol. The SMILES string of the molecule is CCn1nc(-c2nc(N3CCc4cc(C=O)ccc43)no2)c2c1CC(C)(C)CC2. The summed E-state index contributed by atoms with van der Waals surface area (Å²) in [6, 6.07) is 5.72. The molecule has 7 nitrogen and oxygen atoms in total. The molecule has 1 aliphatic heterocycles. The lowest BCUT2D eigenvalue weighted by Gasteiger charge is -2.30. The van der Waals surface area contributed by atoms with Gasteiger partial charge in [-0.1, -0.05) is 13.8 Å². The maximum atomic E-state index is 11.0. The maximum absolute atomic E-state index is 11.0. The van der Waals surface area contributed by atoms with Gasteiger partial charge in [0.2, 0.25) is 0 Å². The molecule has 0 spiro atoms. The second-order valence-corrected chi connectivity index (χ2v) is 8.74. The van der Waals surface area contributed by atoms with Crippen molar-refractivity contribution in [3.8, 4) is 11.6 Å². The van der Waals surface area contributed by atoms with E-state index in [4.69, 9.17) is 14.6 Å². The van der Waals surface area contributed by atoms with Gasteiger partial charge < -0.3 is 9.42 Å². The first-order valence-electron chi connectivity index (χ1n) is 10.3. The van der Waals surface area contributed by atoms with Gasteiger partial charge in [-0.3, -0.25) is 9.48 Å². The van der Waals surface area contributed by atoms with Crippen LogP contribution in [0.5, 0.6) is 0 Å². The molecule has 0 bridgehead atoms. The number of hydrogen-bond donors (Lipinski definition) is 0. The highest BCUT2D eigenvalue weighted by molar-refractivity contribution is 5.78. The number of fused-ring (bicyclic) bond motifs is 2. The van der Waals surface area contributed by atoms with Crippen LogP contribution < -0.4 is 4.90 Å². The van der Waals surface area contributed by atoms with Crippen molar-refractivity contribution >= 4 is 17.9 Å². The van der Waals surface area contributed by atoms with E-state index in [1.54, 1.807) is 0 Å². The van der Waals surface area contributed by atoms with Crippen LogP contribution in [-0.2, 0) is 25.8 Å². The van der Waals surface area contributed by atoms with E-state index >= 15 is 0 Å². The Labute approximate surface area is 169 Å². The topological polar surface area (TPSA) is 77.1 Å². The molecule has 0 amide bonds.